The van der Waals surface area contributed by atoms with Gasteiger partial charge in [-0.25, -0.2) is 0 Å². The van der Waals surface area contributed by atoms with Gasteiger partial charge in [-0.1, -0.05) is 62.4 Å². The lowest BCUT2D eigenvalue weighted by atomic mass is 10.1. The molecule has 0 amide bonds. The molecule has 0 rings (SSSR count). The first-order valence-electron chi connectivity index (χ1n) is 7.10. The summed E-state index contributed by atoms with van der Waals surface area (Å²) in [6.45, 7) is 9.40. The minimum absolute atomic E-state index is 0.795. The molecule has 0 unspecified atom stereocenters. The Morgan fingerprint density at radius 1 is 0.875 bits per heavy atom. The number of alkyl halides is 1. The fourth-order valence-electron chi connectivity index (χ4n) is 2.31. The molecule has 0 fully saturated rings. The van der Waals surface area contributed by atoms with Gasteiger partial charge in [-0.3, -0.25) is 4.90 Å². The molecule has 0 aromatic heterocycles. The average Bonchev–Trinajstić information content (AvgIpc) is 2.30. The van der Waals surface area contributed by atoms with E-state index in [1.54, 1.807) is 0 Å². The number of nitrogens with zero attached hydrogens (tertiary/aromatic N) is 1. The van der Waals surface area contributed by atoms with E-state index in [4.69, 9.17) is 0 Å². The van der Waals surface area contributed by atoms with Crippen LogP contribution in [0.3, 0.4) is 0 Å². The molecule has 0 saturated heterocycles. The molecule has 0 heterocycles. The van der Waals surface area contributed by atoms with Crippen LogP contribution < -0.4 is 0 Å². The minimum Gasteiger partial charge on any atom is -0.300 e. The van der Waals surface area contributed by atoms with Crippen molar-refractivity contribution in [1.29, 1.82) is 0 Å². The molecule has 0 aromatic carbocycles. The summed E-state index contributed by atoms with van der Waals surface area (Å²) in [7, 11) is 0. The second-order valence-corrected chi connectivity index (χ2v) is 5.40. The van der Waals surface area contributed by atoms with Gasteiger partial charge in [-0.2, -0.15) is 0 Å². The highest BCUT2D eigenvalue weighted by Gasteiger charge is 2.13. The molecule has 0 aliphatic heterocycles. The molecule has 0 aliphatic rings. The third-order valence-electron chi connectivity index (χ3n) is 3.38. The van der Waals surface area contributed by atoms with E-state index in [9.17, 15) is 0 Å². The SMILES string of the molecule is CCCCCCCN(CCBr)C(CC)CC. The van der Waals surface area contributed by atoms with Crippen molar-refractivity contribution in [1.82, 2.24) is 4.90 Å². The van der Waals surface area contributed by atoms with Crippen molar-refractivity contribution in [3.05, 3.63) is 0 Å². The zero-order chi connectivity index (χ0) is 12.2. The fourth-order valence-corrected chi connectivity index (χ4v) is 2.76. The van der Waals surface area contributed by atoms with E-state index in [0.29, 0.717) is 0 Å². The van der Waals surface area contributed by atoms with Crippen molar-refractivity contribution >= 4 is 15.9 Å². The van der Waals surface area contributed by atoms with E-state index in [2.05, 4.69) is 41.6 Å². The van der Waals surface area contributed by atoms with Crippen molar-refractivity contribution in [3.63, 3.8) is 0 Å². The monoisotopic (exact) mass is 291 g/mol. The molecular formula is C14H30BrN. The van der Waals surface area contributed by atoms with Gasteiger partial charge in [0.25, 0.3) is 0 Å². The van der Waals surface area contributed by atoms with Crippen molar-refractivity contribution in [2.45, 2.75) is 71.8 Å². The molecule has 0 radical (unpaired) electrons. The molecule has 0 bridgehead atoms. The normalized spacial score (nSPS) is 11.6. The van der Waals surface area contributed by atoms with Gasteiger partial charge >= 0.3 is 0 Å². The van der Waals surface area contributed by atoms with Crippen molar-refractivity contribution in [2.75, 3.05) is 18.4 Å². The number of hydrogen-bond donors (Lipinski definition) is 0. The van der Waals surface area contributed by atoms with Gasteiger partial charge in [0.1, 0.15) is 0 Å². The molecule has 1 nitrogen and oxygen atoms in total. The van der Waals surface area contributed by atoms with Crippen LogP contribution in [0, 0.1) is 0 Å². The summed E-state index contributed by atoms with van der Waals surface area (Å²) >= 11 is 3.57. The highest BCUT2D eigenvalue weighted by Crippen LogP contribution is 2.11. The van der Waals surface area contributed by atoms with Crippen LogP contribution in [0.25, 0.3) is 0 Å². The zero-order valence-corrected chi connectivity index (χ0v) is 13.1. The summed E-state index contributed by atoms with van der Waals surface area (Å²) in [6.07, 6.45) is 9.54. The predicted octanol–water partition coefficient (Wildman–Crippen LogP) is 4.84. The molecule has 0 atom stereocenters. The third-order valence-corrected chi connectivity index (χ3v) is 3.73. The van der Waals surface area contributed by atoms with Gasteiger partial charge in [0.2, 0.25) is 0 Å². The van der Waals surface area contributed by atoms with Gasteiger partial charge in [-0.15, -0.1) is 0 Å². The molecule has 98 valence electrons. The molecular weight excluding hydrogens is 262 g/mol. The number of halogens is 1. The first-order valence-corrected chi connectivity index (χ1v) is 8.22. The van der Waals surface area contributed by atoms with Crippen molar-refractivity contribution in [3.8, 4) is 0 Å². The topological polar surface area (TPSA) is 3.24 Å². The summed E-state index contributed by atoms with van der Waals surface area (Å²) in [5, 5.41) is 1.11. The smallest absolute Gasteiger partial charge is 0.0159 e. The Kier molecular flexibility index (Phi) is 12.2. The van der Waals surface area contributed by atoms with E-state index in [-0.39, 0.29) is 0 Å². The lowest BCUT2D eigenvalue weighted by Crippen LogP contribution is -2.36. The van der Waals surface area contributed by atoms with E-state index >= 15 is 0 Å². The Morgan fingerprint density at radius 2 is 1.50 bits per heavy atom. The minimum atomic E-state index is 0.795. The van der Waals surface area contributed by atoms with Gasteiger partial charge in [-0.05, 0) is 25.8 Å². The van der Waals surface area contributed by atoms with E-state index in [1.807, 2.05) is 0 Å². The van der Waals surface area contributed by atoms with Crippen molar-refractivity contribution in [2.24, 2.45) is 0 Å². The summed E-state index contributed by atoms with van der Waals surface area (Å²) in [6, 6.07) is 0.795. The van der Waals surface area contributed by atoms with Crippen LogP contribution in [0.5, 0.6) is 0 Å². The maximum Gasteiger partial charge on any atom is 0.0159 e. The van der Waals surface area contributed by atoms with Gasteiger partial charge in [0.15, 0.2) is 0 Å². The van der Waals surface area contributed by atoms with Crippen LogP contribution in [0.2, 0.25) is 0 Å². The second-order valence-electron chi connectivity index (χ2n) is 4.61. The molecule has 0 saturated carbocycles. The standard InChI is InChI=1S/C14H30BrN/c1-4-7-8-9-10-12-16(13-11-15)14(5-2)6-3/h14H,4-13H2,1-3H3. The van der Waals surface area contributed by atoms with Gasteiger partial charge < -0.3 is 0 Å². The lowest BCUT2D eigenvalue weighted by Gasteiger charge is -2.29. The summed E-state index contributed by atoms with van der Waals surface area (Å²) < 4.78 is 0. The highest BCUT2D eigenvalue weighted by atomic mass is 79.9. The van der Waals surface area contributed by atoms with Crippen LogP contribution in [0.4, 0.5) is 0 Å². The Labute approximate surface area is 111 Å². The van der Waals surface area contributed by atoms with E-state index in [0.717, 1.165) is 11.4 Å². The molecule has 0 aliphatic carbocycles. The van der Waals surface area contributed by atoms with Gasteiger partial charge in [0, 0.05) is 17.9 Å². The van der Waals surface area contributed by atoms with Crippen LogP contribution in [-0.2, 0) is 0 Å². The largest absolute Gasteiger partial charge is 0.300 e. The first kappa shape index (κ1) is 16.4. The maximum absolute atomic E-state index is 3.57. The lowest BCUT2D eigenvalue weighted by molar-refractivity contribution is 0.193. The summed E-state index contributed by atoms with van der Waals surface area (Å²) in [4.78, 5) is 2.67. The Hall–Kier alpha value is 0.440. The summed E-state index contributed by atoms with van der Waals surface area (Å²) in [5.74, 6) is 0. The van der Waals surface area contributed by atoms with Crippen LogP contribution in [0.1, 0.15) is 65.7 Å². The van der Waals surface area contributed by atoms with E-state index < -0.39 is 0 Å². The summed E-state index contributed by atoms with van der Waals surface area (Å²) in [5.41, 5.74) is 0. The highest BCUT2D eigenvalue weighted by molar-refractivity contribution is 9.09. The van der Waals surface area contributed by atoms with Crippen LogP contribution in [0.15, 0.2) is 0 Å². The molecule has 2 heteroatoms. The number of rotatable bonds is 11. The van der Waals surface area contributed by atoms with Crippen molar-refractivity contribution < 1.29 is 0 Å². The molecule has 0 N–H and O–H groups in total. The first-order chi connectivity index (χ1) is 7.79. The quantitative estimate of drug-likeness (QED) is 0.389. The van der Waals surface area contributed by atoms with E-state index in [1.165, 1.54) is 58.0 Å². The number of hydrogen-bond acceptors (Lipinski definition) is 1. The zero-order valence-electron chi connectivity index (χ0n) is 11.5. The molecule has 16 heavy (non-hydrogen) atoms. The van der Waals surface area contributed by atoms with Crippen LogP contribution in [-0.4, -0.2) is 29.4 Å². The predicted molar refractivity (Wildman–Crippen MR) is 78.5 cm³/mol. The Morgan fingerprint density at radius 3 is 2.00 bits per heavy atom. The molecule has 0 spiro atoms. The van der Waals surface area contributed by atoms with Gasteiger partial charge in [0.05, 0.1) is 0 Å². The Balaban J connectivity index is 3.74. The number of unbranched alkanes of at least 4 members (excludes halogenated alkanes) is 4. The average molecular weight is 292 g/mol. The second kappa shape index (κ2) is 11.9. The maximum atomic E-state index is 3.57. The fraction of sp³-hybridized carbons (Fsp3) is 1.00. The molecule has 0 aromatic rings. The Bertz CT molecular complexity index is 135. The van der Waals surface area contributed by atoms with Crippen LogP contribution >= 0.6 is 15.9 Å². The third kappa shape index (κ3) is 7.67.